The van der Waals surface area contributed by atoms with Gasteiger partial charge in [-0.15, -0.1) is 0 Å². The van der Waals surface area contributed by atoms with E-state index < -0.39 is 0 Å². The summed E-state index contributed by atoms with van der Waals surface area (Å²) in [5.74, 6) is 0. The first kappa shape index (κ1) is 11.3. The zero-order valence-electron chi connectivity index (χ0n) is 11.1. The molecule has 0 amide bonds. The molecule has 0 aliphatic heterocycles. The lowest BCUT2D eigenvalue weighted by Crippen LogP contribution is -2.24. The van der Waals surface area contributed by atoms with E-state index in [4.69, 9.17) is 0 Å². The van der Waals surface area contributed by atoms with Crippen LogP contribution in [0.25, 0.3) is 16.8 Å². The van der Waals surface area contributed by atoms with Gasteiger partial charge in [0.25, 0.3) is 0 Å². The van der Waals surface area contributed by atoms with Crippen molar-refractivity contribution in [2.75, 3.05) is 13.1 Å². The molecule has 1 heteroatoms. The lowest BCUT2D eigenvalue weighted by Gasteiger charge is -2.28. The zero-order valence-corrected chi connectivity index (χ0v) is 11.1. The molecule has 0 radical (unpaired) electrons. The Hall–Kier alpha value is -1.76. The number of benzene rings is 2. The summed E-state index contributed by atoms with van der Waals surface area (Å²) in [7, 11) is 0. The lowest BCUT2D eigenvalue weighted by molar-refractivity contribution is 0.377. The summed E-state index contributed by atoms with van der Waals surface area (Å²) in [4.78, 5) is 2.45. The molecule has 0 saturated heterocycles. The van der Waals surface area contributed by atoms with Crippen molar-refractivity contribution in [3.05, 3.63) is 53.2 Å². The van der Waals surface area contributed by atoms with Crippen LogP contribution in [-0.2, 0) is 6.42 Å². The summed E-state index contributed by atoms with van der Waals surface area (Å²) in [6, 6.07) is 13.2. The van der Waals surface area contributed by atoms with Gasteiger partial charge >= 0.3 is 0 Å². The molecular formula is C17H19N. The second kappa shape index (κ2) is 4.49. The summed E-state index contributed by atoms with van der Waals surface area (Å²) in [6.45, 7) is 6.62. The number of rotatable bonds is 3. The smallest absolute Gasteiger partial charge is 0.0183 e. The van der Waals surface area contributed by atoms with Crippen LogP contribution in [0.5, 0.6) is 0 Å². The van der Waals surface area contributed by atoms with E-state index in [1.54, 1.807) is 0 Å². The number of nitrogens with zero attached hydrogens (tertiary/aromatic N) is 1. The average Bonchev–Trinajstić information content (AvgIpc) is 2.41. The summed E-state index contributed by atoms with van der Waals surface area (Å²) in [6.07, 6.45) is 3.43. The first-order valence-corrected chi connectivity index (χ1v) is 6.79. The third-order valence-electron chi connectivity index (χ3n) is 3.89. The van der Waals surface area contributed by atoms with Gasteiger partial charge in [0.1, 0.15) is 0 Å². The van der Waals surface area contributed by atoms with Gasteiger partial charge in [-0.25, -0.2) is 0 Å². The third kappa shape index (κ3) is 1.71. The highest BCUT2D eigenvalue weighted by atomic mass is 15.1. The minimum atomic E-state index is 1.07. The van der Waals surface area contributed by atoms with E-state index in [1.165, 1.54) is 27.6 Å². The molecule has 0 heterocycles. The average molecular weight is 237 g/mol. The molecule has 2 aromatic carbocycles. The van der Waals surface area contributed by atoms with Gasteiger partial charge in [-0.05, 0) is 41.8 Å². The van der Waals surface area contributed by atoms with Gasteiger partial charge in [-0.1, -0.05) is 36.4 Å². The largest absolute Gasteiger partial charge is 0.375 e. The maximum absolute atomic E-state index is 2.45. The molecular weight excluding hydrogens is 218 g/mol. The van der Waals surface area contributed by atoms with Crippen LogP contribution in [-0.4, -0.2) is 18.0 Å². The van der Waals surface area contributed by atoms with Gasteiger partial charge in [0, 0.05) is 25.2 Å². The van der Waals surface area contributed by atoms with Gasteiger partial charge in [0.05, 0.1) is 0 Å². The molecule has 0 unspecified atom stereocenters. The Kier molecular flexibility index (Phi) is 2.83. The van der Waals surface area contributed by atoms with E-state index in [1.807, 2.05) is 0 Å². The van der Waals surface area contributed by atoms with Crippen LogP contribution in [0, 0.1) is 0 Å². The number of hydrogen-bond donors (Lipinski definition) is 0. The molecule has 0 bridgehead atoms. The van der Waals surface area contributed by atoms with Crippen molar-refractivity contribution in [2.24, 2.45) is 0 Å². The van der Waals surface area contributed by atoms with Crippen molar-refractivity contribution in [1.82, 2.24) is 4.90 Å². The van der Waals surface area contributed by atoms with Crippen molar-refractivity contribution in [3.8, 4) is 0 Å². The molecule has 0 fully saturated rings. The molecule has 0 atom stereocenters. The maximum Gasteiger partial charge on any atom is 0.0183 e. The van der Waals surface area contributed by atoms with E-state index >= 15 is 0 Å². The van der Waals surface area contributed by atoms with Crippen molar-refractivity contribution in [1.29, 1.82) is 0 Å². The Balaban J connectivity index is 2.17. The number of likely N-dealkylation sites (N-methyl/N-ethyl adjacent to an activating group) is 1. The van der Waals surface area contributed by atoms with Crippen LogP contribution >= 0.6 is 0 Å². The van der Waals surface area contributed by atoms with Crippen molar-refractivity contribution >= 4 is 16.8 Å². The zero-order chi connectivity index (χ0) is 12.5. The summed E-state index contributed by atoms with van der Waals surface area (Å²) in [5, 5.41) is 2.80. The minimum absolute atomic E-state index is 1.07. The van der Waals surface area contributed by atoms with Gasteiger partial charge in [-0.2, -0.15) is 0 Å². The summed E-state index contributed by atoms with van der Waals surface area (Å²) >= 11 is 0. The second-order valence-electron chi connectivity index (χ2n) is 4.85. The fourth-order valence-electron chi connectivity index (χ4n) is 2.98. The minimum Gasteiger partial charge on any atom is -0.375 e. The van der Waals surface area contributed by atoms with E-state index in [0.29, 0.717) is 0 Å². The molecule has 0 aromatic heterocycles. The molecule has 2 aromatic rings. The Morgan fingerprint density at radius 3 is 2.44 bits per heavy atom. The van der Waals surface area contributed by atoms with E-state index in [2.05, 4.69) is 61.2 Å². The van der Waals surface area contributed by atoms with E-state index in [0.717, 1.165) is 19.5 Å². The normalized spacial score (nSPS) is 13.6. The Morgan fingerprint density at radius 2 is 1.72 bits per heavy atom. The standard InChI is InChI=1S/C17H19N/c1-3-18(4-2)16-11-14-9-5-7-13-8-6-10-15(12-16)17(13)14/h5-11H,3-4,12H2,1-2H3. The highest BCUT2D eigenvalue weighted by molar-refractivity contribution is 5.95. The van der Waals surface area contributed by atoms with Crippen LogP contribution in [0.2, 0.25) is 0 Å². The Bertz CT molecular complexity index is 601. The van der Waals surface area contributed by atoms with Gasteiger partial charge in [0.2, 0.25) is 0 Å². The molecule has 18 heavy (non-hydrogen) atoms. The predicted molar refractivity (Wildman–Crippen MR) is 78.6 cm³/mol. The fourth-order valence-corrected chi connectivity index (χ4v) is 2.98. The Morgan fingerprint density at radius 1 is 1.00 bits per heavy atom. The molecule has 1 aliphatic carbocycles. The summed E-state index contributed by atoms with van der Waals surface area (Å²) < 4.78 is 0. The van der Waals surface area contributed by atoms with Crippen molar-refractivity contribution in [3.63, 3.8) is 0 Å². The molecule has 0 N–H and O–H groups in total. The first-order chi connectivity index (χ1) is 8.83. The van der Waals surface area contributed by atoms with Crippen LogP contribution < -0.4 is 0 Å². The van der Waals surface area contributed by atoms with Crippen molar-refractivity contribution in [2.45, 2.75) is 20.3 Å². The lowest BCUT2D eigenvalue weighted by atomic mass is 9.91. The molecule has 0 saturated carbocycles. The van der Waals surface area contributed by atoms with Gasteiger partial charge < -0.3 is 4.90 Å². The molecule has 1 aliphatic rings. The topological polar surface area (TPSA) is 3.24 Å². The highest BCUT2D eigenvalue weighted by Gasteiger charge is 2.15. The first-order valence-electron chi connectivity index (χ1n) is 6.79. The number of hydrogen-bond acceptors (Lipinski definition) is 1. The Labute approximate surface area is 109 Å². The quantitative estimate of drug-likeness (QED) is 0.777. The second-order valence-corrected chi connectivity index (χ2v) is 4.85. The fraction of sp³-hybridized carbons (Fsp3) is 0.294. The van der Waals surface area contributed by atoms with Crippen LogP contribution in [0.1, 0.15) is 25.0 Å². The molecule has 92 valence electrons. The highest BCUT2D eigenvalue weighted by Crippen LogP contribution is 2.32. The van der Waals surface area contributed by atoms with Gasteiger partial charge in [-0.3, -0.25) is 0 Å². The SMILES string of the molecule is CCN(CC)C1=Cc2cccc3cccc(c23)C1. The van der Waals surface area contributed by atoms with Crippen LogP contribution in [0.3, 0.4) is 0 Å². The van der Waals surface area contributed by atoms with E-state index in [9.17, 15) is 0 Å². The monoisotopic (exact) mass is 237 g/mol. The number of allylic oxidation sites excluding steroid dienone is 1. The van der Waals surface area contributed by atoms with Crippen molar-refractivity contribution < 1.29 is 0 Å². The molecule has 0 spiro atoms. The van der Waals surface area contributed by atoms with Crippen LogP contribution in [0.15, 0.2) is 42.1 Å². The van der Waals surface area contributed by atoms with Crippen LogP contribution in [0.4, 0.5) is 0 Å². The predicted octanol–water partition coefficient (Wildman–Crippen LogP) is 4.08. The molecule has 1 nitrogen and oxygen atoms in total. The molecule has 3 rings (SSSR count). The summed E-state index contributed by atoms with van der Waals surface area (Å²) in [5.41, 5.74) is 4.29. The maximum atomic E-state index is 2.45. The van der Waals surface area contributed by atoms with E-state index in [-0.39, 0.29) is 0 Å². The third-order valence-corrected chi connectivity index (χ3v) is 3.89. The van der Waals surface area contributed by atoms with Gasteiger partial charge in [0.15, 0.2) is 0 Å².